The number of aromatic amines is 1. The number of pyridine rings is 1. The standard InChI is InChI=1S/C21H27N3O4Si/c1-29(2,3)10-9-28-13-24-18-15(5-4-8-22-18)21(20(24)27)7-6-16-14(12-21)11-17(23-16)19(25)26/h4-5,8,11,23H,6-7,9-10,12-13H2,1-3H3,(H,25,26). The van der Waals surface area contributed by atoms with Crippen LogP contribution in [0.4, 0.5) is 5.82 Å². The third-order valence-corrected chi connectivity index (χ3v) is 7.65. The van der Waals surface area contributed by atoms with Gasteiger partial charge in [-0.3, -0.25) is 9.69 Å². The molecule has 2 aliphatic rings. The summed E-state index contributed by atoms with van der Waals surface area (Å²) in [4.78, 5) is 34.0. The molecule has 3 heterocycles. The van der Waals surface area contributed by atoms with E-state index in [9.17, 15) is 14.7 Å². The minimum Gasteiger partial charge on any atom is -0.477 e. The summed E-state index contributed by atoms with van der Waals surface area (Å²) in [5.41, 5.74) is 2.21. The van der Waals surface area contributed by atoms with Crippen molar-refractivity contribution in [3.05, 3.63) is 46.9 Å². The molecule has 1 atom stereocenters. The number of carbonyl (C=O) groups is 2. The van der Waals surface area contributed by atoms with E-state index in [-0.39, 0.29) is 18.3 Å². The number of hydrogen-bond donors (Lipinski definition) is 2. The maximum atomic E-state index is 13.6. The Morgan fingerprint density at radius 1 is 1.41 bits per heavy atom. The zero-order valence-electron chi connectivity index (χ0n) is 17.1. The zero-order chi connectivity index (χ0) is 20.8. The first-order valence-corrected chi connectivity index (χ1v) is 13.7. The number of aryl methyl sites for hydroxylation is 1. The molecule has 2 aromatic rings. The van der Waals surface area contributed by atoms with Gasteiger partial charge >= 0.3 is 5.97 Å². The number of nitrogens with one attached hydrogen (secondary N) is 1. The van der Waals surface area contributed by atoms with Crippen LogP contribution in [0.15, 0.2) is 24.4 Å². The minimum atomic E-state index is -1.20. The summed E-state index contributed by atoms with van der Waals surface area (Å²) < 4.78 is 5.88. The Bertz CT molecular complexity index is 965. The lowest BCUT2D eigenvalue weighted by Crippen LogP contribution is -2.45. The monoisotopic (exact) mass is 413 g/mol. The van der Waals surface area contributed by atoms with Crippen LogP contribution in [0.3, 0.4) is 0 Å². The largest absolute Gasteiger partial charge is 0.477 e. The van der Waals surface area contributed by atoms with E-state index < -0.39 is 19.5 Å². The molecule has 0 saturated carbocycles. The van der Waals surface area contributed by atoms with Gasteiger partial charge in [-0.05, 0) is 43.0 Å². The molecule has 0 radical (unpaired) electrons. The molecule has 1 spiro atoms. The van der Waals surface area contributed by atoms with Crippen molar-refractivity contribution in [3.8, 4) is 0 Å². The molecule has 1 aliphatic heterocycles. The van der Waals surface area contributed by atoms with E-state index in [2.05, 4.69) is 29.6 Å². The predicted molar refractivity (Wildman–Crippen MR) is 112 cm³/mol. The predicted octanol–water partition coefficient (Wildman–Crippen LogP) is 3.19. The molecule has 8 heteroatoms. The first kappa shape index (κ1) is 19.8. The number of carbonyl (C=O) groups excluding carboxylic acids is 1. The number of anilines is 1. The quantitative estimate of drug-likeness (QED) is 0.560. The normalized spacial score (nSPS) is 20.8. The number of amides is 1. The Hall–Kier alpha value is -2.45. The van der Waals surface area contributed by atoms with Crippen molar-refractivity contribution in [2.75, 3.05) is 18.2 Å². The van der Waals surface area contributed by atoms with Crippen molar-refractivity contribution < 1.29 is 19.4 Å². The molecule has 4 rings (SSSR count). The van der Waals surface area contributed by atoms with E-state index in [1.165, 1.54) is 0 Å². The number of rotatable bonds is 6. The van der Waals surface area contributed by atoms with Gasteiger partial charge in [-0.15, -0.1) is 0 Å². The molecule has 1 unspecified atom stereocenters. The van der Waals surface area contributed by atoms with E-state index in [1.807, 2.05) is 12.1 Å². The lowest BCUT2D eigenvalue weighted by Gasteiger charge is -2.32. The fourth-order valence-corrected chi connectivity index (χ4v) is 5.07. The minimum absolute atomic E-state index is 0.00271. The lowest BCUT2D eigenvalue weighted by atomic mass is 9.70. The number of carboxylic acid groups (broad SMARTS) is 1. The molecule has 0 bridgehead atoms. The molecular weight excluding hydrogens is 386 g/mol. The van der Waals surface area contributed by atoms with Crippen molar-refractivity contribution in [2.24, 2.45) is 0 Å². The molecule has 0 saturated heterocycles. The fraction of sp³-hybridized carbons (Fsp3) is 0.476. The molecule has 29 heavy (non-hydrogen) atoms. The molecule has 2 N–H and O–H groups in total. The average Bonchev–Trinajstić information content (AvgIpc) is 3.18. The van der Waals surface area contributed by atoms with Gasteiger partial charge in [0.05, 0.1) is 5.41 Å². The SMILES string of the molecule is C[Si](C)(C)CCOCN1C(=O)C2(CCc3[nH]c(C(=O)O)cc3C2)c2cccnc21. The molecule has 7 nitrogen and oxygen atoms in total. The average molecular weight is 414 g/mol. The number of aromatic nitrogens is 2. The summed E-state index contributed by atoms with van der Waals surface area (Å²) in [6.07, 6.45) is 3.44. The summed E-state index contributed by atoms with van der Waals surface area (Å²) >= 11 is 0. The first-order valence-electron chi connectivity index (χ1n) is 10.0. The summed E-state index contributed by atoms with van der Waals surface area (Å²) in [7, 11) is -1.20. The van der Waals surface area contributed by atoms with Crippen LogP contribution in [-0.2, 0) is 27.8 Å². The van der Waals surface area contributed by atoms with Gasteiger partial charge in [0, 0.05) is 32.1 Å². The highest BCUT2D eigenvalue weighted by Crippen LogP contribution is 2.48. The van der Waals surface area contributed by atoms with Gasteiger partial charge < -0.3 is 14.8 Å². The van der Waals surface area contributed by atoms with E-state index in [0.717, 1.165) is 22.9 Å². The number of hydrogen-bond acceptors (Lipinski definition) is 4. The molecule has 0 fully saturated rings. The Morgan fingerprint density at radius 2 is 2.21 bits per heavy atom. The zero-order valence-corrected chi connectivity index (χ0v) is 18.1. The molecule has 2 aromatic heterocycles. The van der Waals surface area contributed by atoms with Crippen LogP contribution in [0.2, 0.25) is 25.7 Å². The topological polar surface area (TPSA) is 95.5 Å². The number of fused-ring (bicyclic) bond motifs is 3. The van der Waals surface area contributed by atoms with Crippen LogP contribution in [0.1, 0.15) is 33.7 Å². The van der Waals surface area contributed by atoms with Crippen LogP contribution in [-0.4, -0.2) is 48.4 Å². The smallest absolute Gasteiger partial charge is 0.352 e. The van der Waals surface area contributed by atoms with Crippen LogP contribution < -0.4 is 4.90 Å². The Morgan fingerprint density at radius 3 is 2.93 bits per heavy atom. The molecule has 0 aromatic carbocycles. The van der Waals surface area contributed by atoms with Crippen molar-refractivity contribution in [3.63, 3.8) is 0 Å². The van der Waals surface area contributed by atoms with Crippen molar-refractivity contribution in [2.45, 2.75) is 50.4 Å². The maximum absolute atomic E-state index is 13.6. The van der Waals surface area contributed by atoms with Crippen LogP contribution >= 0.6 is 0 Å². The van der Waals surface area contributed by atoms with Gasteiger partial charge in [0.2, 0.25) is 5.91 Å². The second-order valence-corrected chi connectivity index (χ2v) is 14.8. The summed E-state index contributed by atoms with van der Waals surface area (Å²) in [6, 6.07) is 6.53. The van der Waals surface area contributed by atoms with Crippen molar-refractivity contribution in [1.82, 2.24) is 9.97 Å². The van der Waals surface area contributed by atoms with E-state index >= 15 is 0 Å². The van der Waals surface area contributed by atoms with E-state index in [1.54, 1.807) is 17.2 Å². The highest BCUT2D eigenvalue weighted by Gasteiger charge is 2.53. The van der Waals surface area contributed by atoms with Crippen LogP contribution in [0.25, 0.3) is 0 Å². The number of ether oxygens (including phenoxy) is 1. The number of nitrogens with zero attached hydrogens (tertiary/aromatic N) is 2. The van der Waals surface area contributed by atoms with Crippen LogP contribution in [0.5, 0.6) is 0 Å². The fourth-order valence-electron chi connectivity index (χ4n) is 4.31. The second kappa shape index (κ2) is 7.10. The van der Waals surface area contributed by atoms with Gasteiger partial charge in [0.1, 0.15) is 18.2 Å². The lowest BCUT2D eigenvalue weighted by molar-refractivity contribution is -0.124. The van der Waals surface area contributed by atoms with E-state index in [0.29, 0.717) is 31.7 Å². The Balaban J connectivity index is 1.60. The molecule has 1 aliphatic carbocycles. The Labute approximate surface area is 171 Å². The highest BCUT2D eigenvalue weighted by molar-refractivity contribution is 6.76. The molecule has 154 valence electrons. The molecular formula is C21H27N3O4Si. The third-order valence-electron chi connectivity index (χ3n) is 5.95. The maximum Gasteiger partial charge on any atom is 0.352 e. The van der Waals surface area contributed by atoms with E-state index in [4.69, 9.17) is 4.74 Å². The number of aromatic carboxylic acids is 1. The van der Waals surface area contributed by atoms with Crippen LogP contribution in [0, 0.1) is 0 Å². The number of carboxylic acids is 1. The summed E-state index contributed by atoms with van der Waals surface area (Å²) in [6.45, 7) is 7.73. The van der Waals surface area contributed by atoms with Crippen molar-refractivity contribution >= 4 is 25.8 Å². The van der Waals surface area contributed by atoms with Gasteiger partial charge in [-0.25, -0.2) is 9.78 Å². The van der Waals surface area contributed by atoms with Gasteiger partial charge in [-0.1, -0.05) is 25.7 Å². The van der Waals surface area contributed by atoms with Gasteiger partial charge in [0.15, 0.2) is 0 Å². The summed E-state index contributed by atoms with van der Waals surface area (Å²) in [5, 5.41) is 9.29. The third kappa shape index (κ3) is 3.51. The Kier molecular flexibility index (Phi) is 4.86. The van der Waals surface area contributed by atoms with Gasteiger partial charge in [-0.2, -0.15) is 0 Å². The summed E-state index contributed by atoms with van der Waals surface area (Å²) in [5.74, 6) is -0.309. The second-order valence-electron chi connectivity index (χ2n) is 9.21. The highest BCUT2D eigenvalue weighted by atomic mass is 28.3. The number of H-pyrrole nitrogens is 1. The van der Waals surface area contributed by atoms with Gasteiger partial charge in [0.25, 0.3) is 0 Å². The van der Waals surface area contributed by atoms with Crippen molar-refractivity contribution in [1.29, 1.82) is 0 Å². The molecule has 1 amide bonds. The first-order chi connectivity index (χ1) is 13.7.